The number of carbonyl (C=O) groups excluding carboxylic acids is 1. The minimum absolute atomic E-state index is 0.0450. The molecule has 3 aliphatic heterocycles. The number of fused-ring (bicyclic) bond motifs is 1. The van der Waals surface area contributed by atoms with Crippen LogP contribution in [0.15, 0.2) is 12.4 Å². The normalized spacial score (nSPS) is 23.1. The van der Waals surface area contributed by atoms with Crippen molar-refractivity contribution in [2.24, 2.45) is 0 Å². The molecule has 3 aliphatic rings. The first-order valence-corrected chi connectivity index (χ1v) is 11.5. The third-order valence-corrected chi connectivity index (χ3v) is 6.88. The third-order valence-electron chi connectivity index (χ3n) is 6.88. The van der Waals surface area contributed by atoms with Crippen molar-refractivity contribution >= 4 is 23.6 Å². The highest BCUT2D eigenvalue weighted by Gasteiger charge is 2.43. The molecule has 5 rings (SSSR count). The van der Waals surface area contributed by atoms with Crippen molar-refractivity contribution in [1.29, 1.82) is 0 Å². The van der Waals surface area contributed by atoms with Crippen LogP contribution in [0, 0.1) is 0 Å². The van der Waals surface area contributed by atoms with Crippen LogP contribution in [0.2, 0.25) is 0 Å². The first kappa shape index (κ1) is 21.8. The van der Waals surface area contributed by atoms with E-state index >= 15 is 0 Å². The topological polar surface area (TPSA) is 126 Å². The van der Waals surface area contributed by atoms with Gasteiger partial charge in [0, 0.05) is 63.3 Å². The quantitative estimate of drug-likeness (QED) is 0.635. The summed E-state index contributed by atoms with van der Waals surface area (Å²) in [5, 5.41) is 2.73. The Hall–Kier alpha value is -3.05. The maximum absolute atomic E-state index is 11.9. The Morgan fingerprint density at radius 1 is 1.18 bits per heavy atom. The molecular formula is C22H31N9O2. The molecule has 0 unspecified atom stereocenters. The summed E-state index contributed by atoms with van der Waals surface area (Å²) in [7, 11) is 1.68. The molecule has 5 heterocycles. The number of hydrogen-bond donors (Lipinski definition) is 2. The van der Waals surface area contributed by atoms with Crippen molar-refractivity contribution in [3.8, 4) is 11.3 Å². The summed E-state index contributed by atoms with van der Waals surface area (Å²) in [5.41, 5.74) is 8.45. The SMILES string of the molecule is CNC(=O)CN1CC[C@](C)(N2CCc3c(-c4cnc(N)nc4)nc(N4CCOCC4)nc32)C1. The van der Waals surface area contributed by atoms with Gasteiger partial charge in [-0.2, -0.15) is 4.98 Å². The van der Waals surface area contributed by atoms with Crippen molar-refractivity contribution in [3.05, 3.63) is 18.0 Å². The van der Waals surface area contributed by atoms with Crippen LogP contribution in [0.25, 0.3) is 11.3 Å². The largest absolute Gasteiger partial charge is 0.378 e. The van der Waals surface area contributed by atoms with Gasteiger partial charge >= 0.3 is 0 Å². The van der Waals surface area contributed by atoms with Crippen molar-refractivity contribution in [3.63, 3.8) is 0 Å². The number of carbonyl (C=O) groups is 1. The van der Waals surface area contributed by atoms with E-state index in [0.717, 1.165) is 68.2 Å². The summed E-state index contributed by atoms with van der Waals surface area (Å²) in [5.74, 6) is 1.97. The fourth-order valence-corrected chi connectivity index (χ4v) is 5.05. The van der Waals surface area contributed by atoms with Gasteiger partial charge < -0.3 is 25.6 Å². The average Bonchev–Trinajstić information content (AvgIpc) is 3.44. The number of rotatable bonds is 5. The molecule has 0 aromatic carbocycles. The van der Waals surface area contributed by atoms with Crippen molar-refractivity contribution in [2.45, 2.75) is 25.3 Å². The first-order chi connectivity index (χ1) is 16.0. The maximum Gasteiger partial charge on any atom is 0.233 e. The molecule has 33 heavy (non-hydrogen) atoms. The van der Waals surface area contributed by atoms with Crippen LogP contribution < -0.4 is 20.9 Å². The number of nitrogen functional groups attached to an aromatic ring is 1. The Bertz CT molecular complexity index is 1030. The molecule has 3 N–H and O–H groups in total. The Kier molecular flexibility index (Phi) is 5.75. The number of likely N-dealkylation sites (N-methyl/N-ethyl adjacent to an activating group) is 1. The summed E-state index contributed by atoms with van der Waals surface area (Å²) < 4.78 is 5.53. The number of nitrogens with zero attached hydrogens (tertiary/aromatic N) is 7. The van der Waals surface area contributed by atoms with E-state index in [-0.39, 0.29) is 17.4 Å². The number of nitrogens with two attached hydrogens (primary N) is 1. The van der Waals surface area contributed by atoms with Gasteiger partial charge in [0.15, 0.2) is 0 Å². The summed E-state index contributed by atoms with van der Waals surface area (Å²) in [6.07, 6.45) is 5.29. The molecule has 2 fully saturated rings. The summed E-state index contributed by atoms with van der Waals surface area (Å²) >= 11 is 0. The number of morpholine rings is 1. The monoisotopic (exact) mass is 453 g/mol. The first-order valence-electron chi connectivity index (χ1n) is 11.5. The van der Waals surface area contributed by atoms with E-state index < -0.39 is 0 Å². The third kappa shape index (κ3) is 4.18. The smallest absolute Gasteiger partial charge is 0.233 e. The second-order valence-corrected chi connectivity index (χ2v) is 9.14. The Morgan fingerprint density at radius 3 is 2.67 bits per heavy atom. The molecule has 2 aromatic rings. The molecule has 0 spiro atoms. The average molecular weight is 454 g/mol. The molecule has 11 heteroatoms. The molecule has 2 aromatic heterocycles. The highest BCUT2D eigenvalue weighted by atomic mass is 16.5. The second kappa shape index (κ2) is 8.71. The lowest BCUT2D eigenvalue weighted by Gasteiger charge is -2.37. The number of nitrogens with one attached hydrogen (secondary N) is 1. The van der Waals surface area contributed by atoms with Gasteiger partial charge in [0.1, 0.15) is 5.82 Å². The highest BCUT2D eigenvalue weighted by Crippen LogP contribution is 2.41. The lowest BCUT2D eigenvalue weighted by atomic mass is 9.99. The number of likely N-dealkylation sites (tertiary alicyclic amines) is 1. The summed E-state index contributed by atoms with van der Waals surface area (Å²) in [6, 6.07) is 0. The van der Waals surface area contributed by atoms with E-state index in [4.69, 9.17) is 20.4 Å². The predicted molar refractivity (Wildman–Crippen MR) is 125 cm³/mol. The van der Waals surface area contributed by atoms with E-state index in [1.165, 1.54) is 0 Å². The van der Waals surface area contributed by atoms with Gasteiger partial charge in [-0.25, -0.2) is 15.0 Å². The second-order valence-electron chi connectivity index (χ2n) is 9.14. The summed E-state index contributed by atoms with van der Waals surface area (Å²) in [4.78, 5) is 37.2. The summed E-state index contributed by atoms with van der Waals surface area (Å²) in [6.45, 7) is 8.10. The van der Waals surface area contributed by atoms with Crippen molar-refractivity contribution in [2.75, 3.05) is 75.1 Å². The minimum atomic E-state index is -0.106. The van der Waals surface area contributed by atoms with Crippen LogP contribution in [0.1, 0.15) is 18.9 Å². The van der Waals surface area contributed by atoms with Gasteiger partial charge in [-0.3, -0.25) is 9.69 Å². The van der Waals surface area contributed by atoms with Crippen LogP contribution in [-0.4, -0.2) is 95.8 Å². The van der Waals surface area contributed by atoms with Gasteiger partial charge in [0.05, 0.1) is 31.0 Å². The standard InChI is InChI=1S/C22H31N9O2/c1-22(4-6-29(14-22)13-17(32)24-2)31-5-3-16-18(15-11-25-20(23)26-12-15)27-21(28-19(16)31)30-7-9-33-10-8-30/h11-12H,3-10,13-14H2,1-2H3,(H,24,32)(H2,23,25,26)/t22-/m0/s1. The number of anilines is 3. The number of amides is 1. The Balaban J connectivity index is 1.51. The molecular weight excluding hydrogens is 422 g/mol. The molecule has 2 saturated heterocycles. The van der Waals surface area contributed by atoms with E-state index in [2.05, 4.69) is 36.9 Å². The number of ether oxygens (including phenoxy) is 1. The molecule has 1 amide bonds. The zero-order chi connectivity index (χ0) is 23.0. The van der Waals surface area contributed by atoms with Gasteiger partial charge in [0.25, 0.3) is 0 Å². The van der Waals surface area contributed by atoms with Crippen LogP contribution >= 0.6 is 0 Å². The molecule has 11 nitrogen and oxygen atoms in total. The molecule has 0 saturated carbocycles. The number of aromatic nitrogens is 4. The van der Waals surface area contributed by atoms with Crippen LogP contribution in [-0.2, 0) is 16.0 Å². The fraction of sp³-hybridized carbons (Fsp3) is 0.591. The van der Waals surface area contributed by atoms with Crippen LogP contribution in [0.3, 0.4) is 0 Å². The minimum Gasteiger partial charge on any atom is -0.378 e. The highest BCUT2D eigenvalue weighted by molar-refractivity contribution is 5.78. The van der Waals surface area contributed by atoms with Gasteiger partial charge in [0.2, 0.25) is 17.8 Å². The van der Waals surface area contributed by atoms with E-state index in [9.17, 15) is 4.79 Å². The van der Waals surface area contributed by atoms with Crippen molar-refractivity contribution < 1.29 is 9.53 Å². The van der Waals surface area contributed by atoms with E-state index in [1.54, 1.807) is 19.4 Å². The Morgan fingerprint density at radius 2 is 1.94 bits per heavy atom. The fourth-order valence-electron chi connectivity index (χ4n) is 5.05. The predicted octanol–water partition coefficient (Wildman–Crippen LogP) is -0.0747. The molecule has 176 valence electrons. The van der Waals surface area contributed by atoms with E-state index in [1.807, 2.05) is 0 Å². The van der Waals surface area contributed by atoms with Crippen molar-refractivity contribution in [1.82, 2.24) is 30.2 Å². The Labute approximate surface area is 193 Å². The molecule has 1 atom stereocenters. The van der Waals surface area contributed by atoms with Crippen LogP contribution in [0.5, 0.6) is 0 Å². The zero-order valence-corrected chi connectivity index (χ0v) is 19.3. The lowest BCUT2D eigenvalue weighted by Crippen LogP contribution is -2.49. The molecule has 0 bridgehead atoms. The van der Waals surface area contributed by atoms with Gasteiger partial charge in [-0.05, 0) is 19.8 Å². The maximum atomic E-state index is 11.9. The van der Waals surface area contributed by atoms with Crippen LogP contribution in [0.4, 0.5) is 17.7 Å². The zero-order valence-electron chi connectivity index (χ0n) is 19.3. The number of hydrogen-bond acceptors (Lipinski definition) is 10. The van der Waals surface area contributed by atoms with Gasteiger partial charge in [-0.15, -0.1) is 0 Å². The van der Waals surface area contributed by atoms with E-state index in [0.29, 0.717) is 25.7 Å². The lowest BCUT2D eigenvalue weighted by molar-refractivity contribution is -0.121. The van der Waals surface area contributed by atoms with Gasteiger partial charge in [-0.1, -0.05) is 0 Å². The molecule has 0 radical (unpaired) electrons. The molecule has 0 aliphatic carbocycles.